The van der Waals surface area contributed by atoms with Crippen LogP contribution in [0.1, 0.15) is 12.0 Å². The van der Waals surface area contributed by atoms with Gasteiger partial charge in [-0.05, 0) is 24.1 Å². The zero-order valence-corrected chi connectivity index (χ0v) is 13.4. The van der Waals surface area contributed by atoms with E-state index in [2.05, 4.69) is 10.6 Å². The van der Waals surface area contributed by atoms with Crippen molar-refractivity contribution in [3.8, 4) is 0 Å². The van der Waals surface area contributed by atoms with E-state index in [1.165, 1.54) is 17.3 Å². The predicted molar refractivity (Wildman–Crippen MR) is 92.5 cm³/mol. The van der Waals surface area contributed by atoms with Crippen LogP contribution in [0.3, 0.4) is 0 Å². The molecular formula is C18H18N2O2S. The zero-order valence-electron chi connectivity index (χ0n) is 12.6. The molecule has 1 aliphatic rings. The number of carbonyl (C=O) groups excluding carboxylic acids is 2. The van der Waals surface area contributed by atoms with Crippen molar-refractivity contribution < 1.29 is 9.59 Å². The summed E-state index contributed by atoms with van der Waals surface area (Å²) in [5, 5.41) is 5.37. The Labute approximate surface area is 139 Å². The van der Waals surface area contributed by atoms with Gasteiger partial charge in [0.05, 0.1) is 10.9 Å². The van der Waals surface area contributed by atoms with Gasteiger partial charge in [0, 0.05) is 17.9 Å². The summed E-state index contributed by atoms with van der Waals surface area (Å²) in [7, 11) is 0. The maximum Gasteiger partial charge on any atom is 0.238 e. The minimum Gasteiger partial charge on any atom is -0.356 e. The fraction of sp³-hybridized carbons (Fsp3) is 0.222. The van der Waals surface area contributed by atoms with E-state index < -0.39 is 0 Å². The minimum atomic E-state index is -0.373. The van der Waals surface area contributed by atoms with Crippen LogP contribution < -0.4 is 10.6 Å². The number of para-hydroxylation sites is 1. The van der Waals surface area contributed by atoms with Gasteiger partial charge < -0.3 is 10.6 Å². The second kappa shape index (κ2) is 7.33. The van der Waals surface area contributed by atoms with Crippen LogP contribution in [0.2, 0.25) is 0 Å². The lowest BCUT2D eigenvalue weighted by Crippen LogP contribution is -2.35. The second-order valence-corrected chi connectivity index (χ2v) is 6.63. The molecule has 0 radical (unpaired) electrons. The van der Waals surface area contributed by atoms with E-state index in [0.717, 1.165) is 17.0 Å². The number of hydrogen-bond acceptors (Lipinski definition) is 3. The summed E-state index contributed by atoms with van der Waals surface area (Å²) < 4.78 is 0. The molecule has 4 nitrogen and oxygen atoms in total. The van der Waals surface area contributed by atoms with E-state index in [0.29, 0.717) is 6.54 Å². The van der Waals surface area contributed by atoms with Crippen LogP contribution >= 0.6 is 11.8 Å². The third-order valence-electron chi connectivity index (χ3n) is 3.66. The van der Waals surface area contributed by atoms with Crippen molar-refractivity contribution in [3.63, 3.8) is 0 Å². The van der Waals surface area contributed by atoms with Gasteiger partial charge in [0.25, 0.3) is 0 Å². The number of fused-ring (bicyclic) bond motifs is 1. The first kappa shape index (κ1) is 15.6. The first-order valence-corrected chi connectivity index (χ1v) is 8.47. The summed E-state index contributed by atoms with van der Waals surface area (Å²) in [6.45, 7) is 0.582. The van der Waals surface area contributed by atoms with E-state index >= 15 is 0 Å². The maximum absolute atomic E-state index is 12.1. The van der Waals surface area contributed by atoms with Gasteiger partial charge in [0.1, 0.15) is 0 Å². The Hall–Kier alpha value is -2.27. The lowest BCUT2D eigenvalue weighted by Gasteiger charge is -2.23. The lowest BCUT2D eigenvalue weighted by molar-refractivity contribution is -0.124. The number of thioether (sulfide) groups is 1. The van der Waals surface area contributed by atoms with Crippen molar-refractivity contribution in [1.29, 1.82) is 0 Å². The molecule has 1 atom stereocenters. The van der Waals surface area contributed by atoms with E-state index in [4.69, 9.17) is 0 Å². The Bertz CT molecular complexity index is 703. The third kappa shape index (κ3) is 4.13. The largest absolute Gasteiger partial charge is 0.356 e. The van der Waals surface area contributed by atoms with Crippen LogP contribution in [0.4, 0.5) is 5.69 Å². The van der Waals surface area contributed by atoms with Crippen LogP contribution in [0, 0.1) is 0 Å². The Balaban J connectivity index is 1.49. The second-order valence-electron chi connectivity index (χ2n) is 5.38. The van der Waals surface area contributed by atoms with Crippen LogP contribution in [0.15, 0.2) is 59.5 Å². The molecule has 0 aliphatic carbocycles. The topological polar surface area (TPSA) is 58.2 Å². The van der Waals surface area contributed by atoms with Crippen LogP contribution in [0.5, 0.6) is 0 Å². The average molecular weight is 326 g/mol. The maximum atomic E-state index is 12.1. The Morgan fingerprint density at radius 3 is 2.65 bits per heavy atom. The Morgan fingerprint density at radius 2 is 1.83 bits per heavy atom. The summed E-state index contributed by atoms with van der Waals surface area (Å²) >= 11 is 1.45. The van der Waals surface area contributed by atoms with Crippen LogP contribution in [-0.4, -0.2) is 23.6 Å². The summed E-state index contributed by atoms with van der Waals surface area (Å²) in [4.78, 5) is 25.1. The highest BCUT2D eigenvalue weighted by molar-refractivity contribution is 8.01. The Morgan fingerprint density at radius 1 is 1.09 bits per heavy atom. The molecule has 118 valence electrons. The number of rotatable bonds is 5. The number of carbonyl (C=O) groups is 2. The van der Waals surface area contributed by atoms with Crippen molar-refractivity contribution in [2.75, 3.05) is 11.9 Å². The minimum absolute atomic E-state index is 0.0898. The molecule has 0 unspecified atom stereocenters. The Kier molecular flexibility index (Phi) is 4.98. The van der Waals surface area contributed by atoms with E-state index in [1.54, 1.807) is 0 Å². The van der Waals surface area contributed by atoms with Gasteiger partial charge in [0.2, 0.25) is 11.8 Å². The van der Waals surface area contributed by atoms with Crippen LogP contribution in [0.25, 0.3) is 0 Å². The van der Waals surface area contributed by atoms with Crippen molar-refractivity contribution in [3.05, 3.63) is 60.2 Å². The molecule has 23 heavy (non-hydrogen) atoms. The first-order chi connectivity index (χ1) is 11.2. The standard InChI is InChI=1S/C18H18N2O2S/c21-17(19-11-10-13-6-2-1-3-7-13)12-16-18(22)20-14-8-4-5-9-15(14)23-16/h1-9,16H,10-12H2,(H,19,21)(H,20,22)/t16-/m0/s1. The first-order valence-electron chi connectivity index (χ1n) is 7.59. The number of anilines is 1. The van der Waals surface area contributed by atoms with Gasteiger partial charge in [-0.25, -0.2) is 0 Å². The van der Waals surface area contributed by atoms with Gasteiger partial charge in [-0.15, -0.1) is 11.8 Å². The predicted octanol–water partition coefficient (Wildman–Crippen LogP) is 2.85. The highest BCUT2D eigenvalue weighted by Gasteiger charge is 2.28. The highest BCUT2D eigenvalue weighted by Crippen LogP contribution is 2.36. The van der Waals surface area contributed by atoms with Crippen molar-refractivity contribution in [2.45, 2.75) is 23.0 Å². The van der Waals surface area contributed by atoms with Gasteiger partial charge in [0.15, 0.2) is 0 Å². The molecule has 2 N–H and O–H groups in total. The fourth-order valence-corrected chi connectivity index (χ4v) is 3.57. The van der Waals surface area contributed by atoms with Gasteiger partial charge >= 0.3 is 0 Å². The highest BCUT2D eigenvalue weighted by atomic mass is 32.2. The smallest absolute Gasteiger partial charge is 0.238 e. The molecule has 0 aromatic heterocycles. The fourth-order valence-electron chi connectivity index (χ4n) is 2.46. The van der Waals surface area contributed by atoms with Crippen molar-refractivity contribution in [2.24, 2.45) is 0 Å². The number of nitrogens with one attached hydrogen (secondary N) is 2. The molecule has 0 spiro atoms. The number of amides is 2. The molecular weight excluding hydrogens is 308 g/mol. The van der Waals surface area contributed by atoms with E-state index in [-0.39, 0.29) is 23.5 Å². The molecule has 0 bridgehead atoms. The average Bonchev–Trinajstić information content (AvgIpc) is 2.56. The molecule has 3 rings (SSSR count). The van der Waals surface area contributed by atoms with Crippen molar-refractivity contribution >= 4 is 29.3 Å². The van der Waals surface area contributed by atoms with E-state index in [1.807, 2.05) is 54.6 Å². The summed E-state index contributed by atoms with van der Waals surface area (Å²) in [6.07, 6.45) is 0.985. The molecule has 2 amide bonds. The van der Waals surface area contributed by atoms with Gasteiger partial charge in [-0.1, -0.05) is 42.5 Å². The summed E-state index contributed by atoms with van der Waals surface area (Å²) in [5.41, 5.74) is 2.01. The number of hydrogen-bond donors (Lipinski definition) is 2. The van der Waals surface area contributed by atoms with Gasteiger partial charge in [-0.3, -0.25) is 9.59 Å². The summed E-state index contributed by atoms with van der Waals surface area (Å²) in [5.74, 6) is -0.195. The molecule has 0 saturated carbocycles. The van der Waals surface area contributed by atoms with Crippen LogP contribution in [-0.2, 0) is 16.0 Å². The monoisotopic (exact) mass is 326 g/mol. The molecule has 1 heterocycles. The zero-order chi connectivity index (χ0) is 16.1. The molecule has 1 aliphatic heterocycles. The molecule has 5 heteroatoms. The van der Waals surface area contributed by atoms with E-state index in [9.17, 15) is 9.59 Å². The summed E-state index contributed by atoms with van der Waals surface area (Å²) in [6, 6.07) is 17.7. The van der Waals surface area contributed by atoms with Gasteiger partial charge in [-0.2, -0.15) is 0 Å². The number of benzene rings is 2. The third-order valence-corrected chi connectivity index (χ3v) is 4.93. The lowest BCUT2D eigenvalue weighted by atomic mass is 10.1. The SMILES string of the molecule is O=C(C[C@@H]1Sc2ccccc2NC1=O)NCCc1ccccc1. The quantitative estimate of drug-likeness (QED) is 0.888. The molecule has 2 aromatic carbocycles. The molecule has 0 saturated heterocycles. The normalized spacial score (nSPS) is 16.3. The van der Waals surface area contributed by atoms with Crippen molar-refractivity contribution in [1.82, 2.24) is 5.32 Å². The molecule has 2 aromatic rings. The molecule has 0 fully saturated rings.